The second-order valence-electron chi connectivity index (χ2n) is 4.92. The van der Waals surface area contributed by atoms with Crippen molar-refractivity contribution in [3.8, 4) is 0 Å². The predicted molar refractivity (Wildman–Crippen MR) is 78.7 cm³/mol. The SMILES string of the molecule is NS(=O)(=O)c1cc(Cl)cc(C(=O)NCC2CCCCO2)c1. The van der Waals surface area contributed by atoms with Crippen molar-refractivity contribution >= 4 is 27.5 Å². The lowest BCUT2D eigenvalue weighted by molar-refractivity contribution is 0.0169. The zero-order valence-corrected chi connectivity index (χ0v) is 12.9. The molecule has 1 aliphatic heterocycles. The lowest BCUT2D eigenvalue weighted by Crippen LogP contribution is -2.35. The molecule has 1 heterocycles. The summed E-state index contributed by atoms with van der Waals surface area (Å²) in [4.78, 5) is 11.9. The molecule has 1 saturated heterocycles. The Morgan fingerprint density at radius 3 is 2.76 bits per heavy atom. The molecule has 116 valence electrons. The molecule has 1 unspecified atom stereocenters. The van der Waals surface area contributed by atoms with Gasteiger partial charge < -0.3 is 10.1 Å². The first-order valence-electron chi connectivity index (χ1n) is 6.59. The molecule has 1 atom stereocenters. The fraction of sp³-hybridized carbons (Fsp3) is 0.462. The first-order chi connectivity index (χ1) is 9.86. The van der Waals surface area contributed by atoms with Gasteiger partial charge in [-0.1, -0.05) is 11.6 Å². The van der Waals surface area contributed by atoms with Crippen molar-refractivity contribution in [3.63, 3.8) is 0 Å². The van der Waals surface area contributed by atoms with Crippen LogP contribution in [0.1, 0.15) is 29.6 Å². The number of carbonyl (C=O) groups excluding carboxylic acids is 1. The summed E-state index contributed by atoms with van der Waals surface area (Å²) in [5, 5.41) is 7.90. The maximum atomic E-state index is 12.1. The second kappa shape index (κ2) is 6.74. The third kappa shape index (κ3) is 4.67. The van der Waals surface area contributed by atoms with Gasteiger partial charge in [0.05, 0.1) is 11.0 Å². The number of nitrogens with one attached hydrogen (secondary N) is 1. The topological polar surface area (TPSA) is 98.5 Å². The van der Waals surface area contributed by atoms with Gasteiger partial charge in [0.25, 0.3) is 5.91 Å². The van der Waals surface area contributed by atoms with Gasteiger partial charge in [-0.3, -0.25) is 4.79 Å². The van der Waals surface area contributed by atoms with E-state index in [1.807, 2.05) is 0 Å². The van der Waals surface area contributed by atoms with Gasteiger partial charge in [0, 0.05) is 23.7 Å². The Bertz CT molecular complexity index is 627. The predicted octanol–water partition coefficient (Wildman–Crippen LogP) is 1.29. The molecule has 1 amide bonds. The first kappa shape index (κ1) is 16.2. The molecule has 2 rings (SSSR count). The number of rotatable bonds is 4. The van der Waals surface area contributed by atoms with E-state index in [2.05, 4.69) is 5.32 Å². The van der Waals surface area contributed by atoms with E-state index in [1.54, 1.807) is 0 Å². The lowest BCUT2D eigenvalue weighted by Gasteiger charge is -2.22. The molecular weight excluding hydrogens is 316 g/mol. The minimum atomic E-state index is -3.91. The monoisotopic (exact) mass is 332 g/mol. The smallest absolute Gasteiger partial charge is 0.251 e. The number of amides is 1. The Morgan fingerprint density at radius 1 is 1.38 bits per heavy atom. The van der Waals surface area contributed by atoms with Crippen LogP contribution in [0.4, 0.5) is 0 Å². The van der Waals surface area contributed by atoms with Gasteiger partial charge in [0.15, 0.2) is 0 Å². The number of sulfonamides is 1. The molecule has 1 aromatic rings. The van der Waals surface area contributed by atoms with Crippen molar-refractivity contribution in [1.82, 2.24) is 5.32 Å². The van der Waals surface area contributed by atoms with Crippen LogP contribution in [0.2, 0.25) is 5.02 Å². The number of hydrogen-bond donors (Lipinski definition) is 2. The third-order valence-electron chi connectivity index (χ3n) is 3.23. The van der Waals surface area contributed by atoms with Crippen molar-refractivity contribution in [3.05, 3.63) is 28.8 Å². The number of hydrogen-bond acceptors (Lipinski definition) is 4. The molecule has 6 nitrogen and oxygen atoms in total. The molecule has 1 aliphatic rings. The highest BCUT2D eigenvalue weighted by Crippen LogP contribution is 2.18. The van der Waals surface area contributed by atoms with E-state index in [-0.39, 0.29) is 21.6 Å². The highest BCUT2D eigenvalue weighted by molar-refractivity contribution is 7.89. The zero-order chi connectivity index (χ0) is 15.5. The summed E-state index contributed by atoms with van der Waals surface area (Å²) in [6.45, 7) is 1.09. The zero-order valence-electron chi connectivity index (χ0n) is 11.3. The fourth-order valence-corrected chi connectivity index (χ4v) is 3.02. The molecule has 0 aliphatic carbocycles. The fourth-order valence-electron chi connectivity index (χ4n) is 2.14. The van der Waals surface area contributed by atoms with Crippen LogP contribution in [0, 0.1) is 0 Å². The van der Waals surface area contributed by atoms with Gasteiger partial charge in [0.1, 0.15) is 0 Å². The Morgan fingerprint density at radius 2 is 2.14 bits per heavy atom. The Balaban J connectivity index is 2.06. The quantitative estimate of drug-likeness (QED) is 0.867. The minimum absolute atomic E-state index is 0.000374. The van der Waals surface area contributed by atoms with E-state index in [0.29, 0.717) is 13.2 Å². The van der Waals surface area contributed by atoms with Crippen LogP contribution in [0.15, 0.2) is 23.1 Å². The first-order valence-corrected chi connectivity index (χ1v) is 8.52. The molecule has 0 bridgehead atoms. The molecule has 1 aromatic carbocycles. The van der Waals surface area contributed by atoms with Crippen molar-refractivity contribution in [2.24, 2.45) is 5.14 Å². The minimum Gasteiger partial charge on any atom is -0.376 e. The second-order valence-corrected chi connectivity index (χ2v) is 6.92. The van der Waals surface area contributed by atoms with E-state index < -0.39 is 15.9 Å². The maximum Gasteiger partial charge on any atom is 0.251 e. The third-order valence-corrected chi connectivity index (χ3v) is 4.34. The van der Waals surface area contributed by atoms with Gasteiger partial charge in [-0.25, -0.2) is 13.6 Å². The summed E-state index contributed by atoms with van der Waals surface area (Å²) >= 11 is 5.82. The molecule has 0 radical (unpaired) electrons. The number of halogens is 1. The Kier molecular flexibility index (Phi) is 5.21. The number of carbonyl (C=O) groups is 1. The molecule has 8 heteroatoms. The van der Waals surface area contributed by atoms with Crippen molar-refractivity contribution < 1.29 is 17.9 Å². The summed E-state index contributed by atoms with van der Waals surface area (Å²) in [7, 11) is -3.91. The molecule has 0 spiro atoms. The van der Waals surface area contributed by atoms with E-state index in [4.69, 9.17) is 21.5 Å². The molecular formula is C13H17ClN2O4S. The van der Waals surface area contributed by atoms with Crippen molar-refractivity contribution in [2.75, 3.05) is 13.2 Å². The Hall–Kier alpha value is -1.15. The summed E-state index contributed by atoms with van der Waals surface area (Å²) in [5.74, 6) is -0.406. The summed E-state index contributed by atoms with van der Waals surface area (Å²) in [5.41, 5.74) is 0.155. The molecule has 1 fully saturated rings. The maximum absolute atomic E-state index is 12.1. The lowest BCUT2D eigenvalue weighted by atomic mass is 10.1. The normalized spacial score (nSPS) is 19.2. The summed E-state index contributed by atoms with van der Waals surface area (Å²) < 4.78 is 28.2. The molecule has 0 saturated carbocycles. The van der Waals surface area contributed by atoms with Crippen LogP contribution >= 0.6 is 11.6 Å². The summed E-state index contributed by atoms with van der Waals surface area (Å²) in [6, 6.07) is 3.81. The average Bonchev–Trinajstić information content (AvgIpc) is 2.44. The van der Waals surface area contributed by atoms with Crippen LogP contribution in [-0.4, -0.2) is 33.6 Å². The number of nitrogens with two attached hydrogens (primary N) is 1. The van der Waals surface area contributed by atoms with Gasteiger partial charge in [-0.15, -0.1) is 0 Å². The average molecular weight is 333 g/mol. The van der Waals surface area contributed by atoms with Crippen molar-refractivity contribution in [1.29, 1.82) is 0 Å². The Labute approximate surface area is 128 Å². The van der Waals surface area contributed by atoms with Gasteiger partial charge in [-0.2, -0.15) is 0 Å². The number of benzene rings is 1. The summed E-state index contributed by atoms with van der Waals surface area (Å²) in [6.07, 6.45) is 3.02. The van der Waals surface area contributed by atoms with Crippen LogP contribution in [-0.2, 0) is 14.8 Å². The molecule has 3 N–H and O–H groups in total. The molecule has 0 aromatic heterocycles. The largest absolute Gasteiger partial charge is 0.376 e. The van der Waals surface area contributed by atoms with Crippen LogP contribution in [0.3, 0.4) is 0 Å². The van der Waals surface area contributed by atoms with Gasteiger partial charge in [-0.05, 0) is 37.5 Å². The highest BCUT2D eigenvalue weighted by Gasteiger charge is 2.17. The van der Waals surface area contributed by atoms with Gasteiger partial charge in [0.2, 0.25) is 10.0 Å². The number of primary sulfonamides is 1. The van der Waals surface area contributed by atoms with Crippen LogP contribution in [0.5, 0.6) is 0 Å². The standard InChI is InChI=1S/C13H17ClN2O4S/c14-10-5-9(6-12(7-10)21(15,18)19)13(17)16-8-11-3-1-2-4-20-11/h5-7,11H,1-4,8H2,(H,16,17)(H2,15,18,19). The highest BCUT2D eigenvalue weighted by atomic mass is 35.5. The van der Waals surface area contributed by atoms with E-state index in [0.717, 1.165) is 19.3 Å². The van der Waals surface area contributed by atoms with E-state index in [9.17, 15) is 13.2 Å². The van der Waals surface area contributed by atoms with Crippen molar-refractivity contribution in [2.45, 2.75) is 30.3 Å². The molecule has 21 heavy (non-hydrogen) atoms. The number of ether oxygens (including phenoxy) is 1. The van der Waals surface area contributed by atoms with Crippen LogP contribution < -0.4 is 10.5 Å². The van der Waals surface area contributed by atoms with E-state index in [1.165, 1.54) is 18.2 Å². The van der Waals surface area contributed by atoms with E-state index >= 15 is 0 Å². The van der Waals surface area contributed by atoms with Gasteiger partial charge >= 0.3 is 0 Å². The van der Waals surface area contributed by atoms with Crippen LogP contribution in [0.25, 0.3) is 0 Å².